The van der Waals surface area contributed by atoms with Gasteiger partial charge in [0.25, 0.3) is 11.8 Å². The first-order chi connectivity index (χ1) is 13.0. The molecule has 0 bridgehead atoms. The number of amides is 2. The Morgan fingerprint density at radius 2 is 1.67 bits per heavy atom. The number of carbonyl (C=O) groups is 2. The van der Waals surface area contributed by atoms with Crippen molar-refractivity contribution in [3.05, 3.63) is 94.8 Å². The second kappa shape index (κ2) is 8.27. The third-order valence-electron chi connectivity index (χ3n) is 4.10. The topological polar surface area (TPSA) is 71.1 Å². The van der Waals surface area contributed by atoms with Crippen molar-refractivity contribution in [3.8, 4) is 0 Å². The van der Waals surface area contributed by atoms with Crippen molar-refractivity contribution in [3.63, 3.8) is 0 Å². The molecule has 0 saturated carbocycles. The number of hydrogen-bond acceptors (Lipinski definition) is 3. The van der Waals surface area contributed by atoms with Crippen LogP contribution in [0.1, 0.15) is 37.5 Å². The lowest BCUT2D eigenvalue weighted by molar-refractivity contribution is 0.0946. The molecule has 0 saturated heterocycles. The molecular formula is C22H21N3O2. The zero-order valence-corrected chi connectivity index (χ0v) is 15.3. The molecule has 2 amide bonds. The number of anilines is 1. The van der Waals surface area contributed by atoms with E-state index < -0.39 is 0 Å². The molecule has 2 N–H and O–H groups in total. The van der Waals surface area contributed by atoms with Gasteiger partial charge in [0.15, 0.2) is 0 Å². The number of benzene rings is 2. The van der Waals surface area contributed by atoms with E-state index in [9.17, 15) is 9.59 Å². The number of rotatable bonds is 5. The molecule has 0 radical (unpaired) electrons. The highest BCUT2D eigenvalue weighted by Crippen LogP contribution is 2.12. The predicted octanol–water partition coefficient (Wildman–Crippen LogP) is 3.88. The SMILES string of the molecule is Cc1ccc(CNC(=O)c2cc(C(=O)Nc3cccc(C)c3)ccn2)cc1. The fourth-order valence-corrected chi connectivity index (χ4v) is 2.60. The van der Waals surface area contributed by atoms with Crippen LogP contribution in [0.3, 0.4) is 0 Å². The van der Waals surface area contributed by atoms with E-state index in [2.05, 4.69) is 15.6 Å². The zero-order chi connectivity index (χ0) is 19.2. The van der Waals surface area contributed by atoms with Crippen LogP contribution in [-0.4, -0.2) is 16.8 Å². The smallest absolute Gasteiger partial charge is 0.270 e. The number of nitrogens with zero attached hydrogens (tertiary/aromatic N) is 1. The van der Waals surface area contributed by atoms with Gasteiger partial charge in [-0.15, -0.1) is 0 Å². The minimum atomic E-state index is -0.319. The molecule has 0 aliphatic rings. The quantitative estimate of drug-likeness (QED) is 0.726. The van der Waals surface area contributed by atoms with Crippen molar-refractivity contribution in [2.75, 3.05) is 5.32 Å². The van der Waals surface area contributed by atoms with E-state index in [0.29, 0.717) is 17.8 Å². The molecule has 1 aromatic heterocycles. The van der Waals surface area contributed by atoms with E-state index in [4.69, 9.17) is 0 Å². The third-order valence-corrected chi connectivity index (χ3v) is 4.10. The molecule has 136 valence electrons. The maximum absolute atomic E-state index is 12.4. The monoisotopic (exact) mass is 359 g/mol. The summed E-state index contributed by atoms with van der Waals surface area (Å²) in [7, 11) is 0. The Hall–Kier alpha value is -3.47. The molecule has 3 rings (SSSR count). The van der Waals surface area contributed by atoms with E-state index in [1.807, 2.05) is 62.4 Å². The largest absolute Gasteiger partial charge is 0.347 e. The minimum Gasteiger partial charge on any atom is -0.347 e. The van der Waals surface area contributed by atoms with Gasteiger partial charge in [0.2, 0.25) is 0 Å². The first-order valence-electron chi connectivity index (χ1n) is 8.69. The predicted molar refractivity (Wildman–Crippen MR) is 106 cm³/mol. The number of pyridine rings is 1. The molecule has 5 heteroatoms. The van der Waals surface area contributed by atoms with Crippen molar-refractivity contribution < 1.29 is 9.59 Å². The second-order valence-electron chi connectivity index (χ2n) is 6.42. The van der Waals surface area contributed by atoms with E-state index in [1.54, 1.807) is 6.07 Å². The van der Waals surface area contributed by atoms with Gasteiger partial charge in [-0.25, -0.2) is 0 Å². The summed E-state index contributed by atoms with van der Waals surface area (Å²) in [5.74, 6) is -0.601. The summed E-state index contributed by atoms with van der Waals surface area (Å²) in [4.78, 5) is 28.9. The van der Waals surface area contributed by atoms with Crippen LogP contribution in [0.5, 0.6) is 0 Å². The molecule has 2 aromatic carbocycles. The normalized spacial score (nSPS) is 10.3. The lowest BCUT2D eigenvalue weighted by atomic mass is 10.1. The van der Waals surface area contributed by atoms with Crippen LogP contribution in [-0.2, 0) is 6.54 Å². The van der Waals surface area contributed by atoms with Gasteiger partial charge >= 0.3 is 0 Å². The van der Waals surface area contributed by atoms with E-state index in [1.165, 1.54) is 17.8 Å². The maximum atomic E-state index is 12.4. The molecule has 0 unspecified atom stereocenters. The summed E-state index contributed by atoms with van der Waals surface area (Å²) in [5, 5.41) is 5.65. The zero-order valence-electron chi connectivity index (χ0n) is 15.3. The molecule has 0 spiro atoms. The van der Waals surface area contributed by atoms with Gasteiger partial charge in [-0.1, -0.05) is 42.0 Å². The summed E-state index contributed by atoms with van der Waals surface area (Å²) in [6.45, 7) is 4.37. The fraction of sp³-hybridized carbons (Fsp3) is 0.136. The summed E-state index contributed by atoms with van der Waals surface area (Å²) in [6, 6.07) is 18.5. The van der Waals surface area contributed by atoms with Gasteiger partial charge in [-0.2, -0.15) is 0 Å². The molecule has 0 atom stereocenters. The van der Waals surface area contributed by atoms with Gasteiger partial charge in [0.1, 0.15) is 5.69 Å². The summed E-state index contributed by atoms with van der Waals surface area (Å²) in [6.07, 6.45) is 1.46. The van der Waals surface area contributed by atoms with E-state index >= 15 is 0 Å². The van der Waals surface area contributed by atoms with Crippen LogP contribution in [0.4, 0.5) is 5.69 Å². The number of aromatic nitrogens is 1. The van der Waals surface area contributed by atoms with Crippen LogP contribution >= 0.6 is 0 Å². The Kier molecular flexibility index (Phi) is 5.61. The van der Waals surface area contributed by atoms with Crippen LogP contribution in [0, 0.1) is 13.8 Å². The van der Waals surface area contributed by atoms with Crippen molar-refractivity contribution in [1.82, 2.24) is 10.3 Å². The Balaban J connectivity index is 1.66. The molecule has 27 heavy (non-hydrogen) atoms. The number of hydrogen-bond donors (Lipinski definition) is 2. The lowest BCUT2D eigenvalue weighted by Gasteiger charge is -2.08. The molecule has 1 heterocycles. The average molecular weight is 359 g/mol. The molecule has 0 aliphatic heterocycles. The Morgan fingerprint density at radius 1 is 0.889 bits per heavy atom. The van der Waals surface area contributed by atoms with Gasteiger partial charge in [0.05, 0.1) is 0 Å². The van der Waals surface area contributed by atoms with Crippen molar-refractivity contribution in [2.45, 2.75) is 20.4 Å². The number of aryl methyl sites for hydroxylation is 2. The molecule has 3 aromatic rings. The van der Waals surface area contributed by atoms with Crippen molar-refractivity contribution in [1.29, 1.82) is 0 Å². The first kappa shape index (κ1) is 18.3. The second-order valence-corrected chi connectivity index (χ2v) is 6.42. The molecular weight excluding hydrogens is 338 g/mol. The summed E-state index contributed by atoms with van der Waals surface area (Å²) >= 11 is 0. The molecule has 5 nitrogen and oxygen atoms in total. The average Bonchev–Trinajstić information content (AvgIpc) is 2.67. The molecule has 0 aliphatic carbocycles. The van der Waals surface area contributed by atoms with Crippen LogP contribution in [0.15, 0.2) is 66.9 Å². The van der Waals surface area contributed by atoms with Gasteiger partial charge < -0.3 is 10.6 Å². The van der Waals surface area contributed by atoms with Crippen molar-refractivity contribution >= 4 is 17.5 Å². The minimum absolute atomic E-state index is 0.207. The van der Waals surface area contributed by atoms with Crippen LogP contribution in [0.25, 0.3) is 0 Å². The van der Waals surface area contributed by atoms with E-state index in [-0.39, 0.29) is 17.5 Å². The standard InChI is InChI=1S/C22H21N3O2/c1-15-6-8-17(9-7-15)14-24-22(27)20-13-18(10-11-23-20)21(26)25-19-5-3-4-16(2)12-19/h3-13H,14H2,1-2H3,(H,24,27)(H,25,26). The van der Waals surface area contributed by atoms with Gasteiger partial charge in [-0.05, 0) is 49.2 Å². The molecule has 0 fully saturated rings. The highest BCUT2D eigenvalue weighted by Gasteiger charge is 2.12. The van der Waals surface area contributed by atoms with Gasteiger partial charge in [0, 0.05) is 24.0 Å². The summed E-state index contributed by atoms with van der Waals surface area (Å²) in [5.41, 5.74) is 4.52. The number of carbonyl (C=O) groups excluding carboxylic acids is 2. The Morgan fingerprint density at radius 3 is 2.41 bits per heavy atom. The van der Waals surface area contributed by atoms with E-state index in [0.717, 1.165) is 11.1 Å². The first-order valence-corrected chi connectivity index (χ1v) is 8.69. The van der Waals surface area contributed by atoms with Crippen LogP contribution < -0.4 is 10.6 Å². The Bertz CT molecular complexity index is 965. The van der Waals surface area contributed by atoms with Crippen molar-refractivity contribution in [2.24, 2.45) is 0 Å². The maximum Gasteiger partial charge on any atom is 0.270 e. The third kappa shape index (κ3) is 5.01. The highest BCUT2D eigenvalue weighted by molar-refractivity contribution is 6.05. The lowest BCUT2D eigenvalue weighted by Crippen LogP contribution is -2.24. The van der Waals surface area contributed by atoms with Gasteiger partial charge in [-0.3, -0.25) is 14.6 Å². The van der Waals surface area contributed by atoms with Crippen LogP contribution in [0.2, 0.25) is 0 Å². The number of nitrogens with one attached hydrogen (secondary N) is 2. The summed E-state index contributed by atoms with van der Waals surface area (Å²) < 4.78 is 0. The Labute approximate surface area is 158 Å². The highest BCUT2D eigenvalue weighted by atomic mass is 16.2. The fourth-order valence-electron chi connectivity index (χ4n) is 2.60.